The number of hydrogen-bond donors (Lipinski definition) is 0. The molecule has 4 rings (SSSR count). The Hall–Kier alpha value is -2.02. The molecule has 1 saturated carbocycles. The van der Waals surface area contributed by atoms with Gasteiger partial charge in [0.25, 0.3) is 0 Å². The van der Waals surface area contributed by atoms with Crippen LogP contribution in [0.25, 0.3) is 0 Å². The average Bonchev–Trinajstić information content (AvgIpc) is 3.34. The van der Waals surface area contributed by atoms with Gasteiger partial charge < -0.3 is 4.90 Å². The lowest BCUT2D eigenvalue weighted by atomic mass is 9.93. The number of halogens is 1. The summed E-state index contributed by atoms with van der Waals surface area (Å²) in [5.41, 5.74) is 2.35. The van der Waals surface area contributed by atoms with Crippen molar-refractivity contribution in [2.45, 2.75) is 51.5 Å². The van der Waals surface area contributed by atoms with Crippen molar-refractivity contribution in [3.8, 4) is 0 Å². The molecule has 0 unspecified atom stereocenters. The fourth-order valence-electron chi connectivity index (χ4n) is 3.91. The Morgan fingerprint density at radius 2 is 1.90 bits per heavy atom. The first-order valence-corrected chi connectivity index (χ1v) is 12.4. The minimum atomic E-state index is -0.417. The number of carbonyl (C=O) groups excluding carboxylic acids is 2. The van der Waals surface area contributed by atoms with Gasteiger partial charge in [-0.15, -0.1) is 22.7 Å². The Morgan fingerprint density at radius 1 is 1.16 bits per heavy atom. The van der Waals surface area contributed by atoms with E-state index in [1.807, 2.05) is 24.0 Å². The van der Waals surface area contributed by atoms with E-state index in [1.165, 1.54) is 21.8 Å². The van der Waals surface area contributed by atoms with Gasteiger partial charge in [0.05, 0.1) is 16.3 Å². The summed E-state index contributed by atoms with van der Waals surface area (Å²) in [7, 11) is 0. The molecule has 7 heteroatoms. The van der Waals surface area contributed by atoms with Crippen LogP contribution in [-0.4, -0.2) is 28.6 Å². The van der Waals surface area contributed by atoms with E-state index in [0.29, 0.717) is 18.8 Å². The second-order valence-corrected chi connectivity index (χ2v) is 11.2. The third-order valence-electron chi connectivity index (χ3n) is 5.85. The molecule has 1 amide bonds. The van der Waals surface area contributed by atoms with Gasteiger partial charge in [0.15, 0.2) is 6.29 Å². The van der Waals surface area contributed by atoms with E-state index in [1.54, 1.807) is 11.3 Å². The van der Waals surface area contributed by atoms with E-state index in [4.69, 9.17) is 11.6 Å². The van der Waals surface area contributed by atoms with E-state index >= 15 is 0 Å². The van der Waals surface area contributed by atoms with Crippen molar-refractivity contribution in [2.24, 2.45) is 0 Å². The monoisotopic (exact) mass is 472 g/mol. The van der Waals surface area contributed by atoms with Gasteiger partial charge >= 0.3 is 0 Å². The van der Waals surface area contributed by atoms with Crippen LogP contribution in [0.2, 0.25) is 4.34 Å². The molecule has 2 aromatic heterocycles. The number of benzene rings is 1. The van der Waals surface area contributed by atoms with Crippen LogP contribution in [0.15, 0.2) is 36.4 Å². The first-order valence-electron chi connectivity index (χ1n) is 10.4. The van der Waals surface area contributed by atoms with Crippen molar-refractivity contribution < 1.29 is 9.59 Å². The normalized spacial score (nSPS) is 14.4. The number of thiophene rings is 1. The molecule has 0 atom stereocenters. The molecule has 31 heavy (non-hydrogen) atoms. The molecular formula is C24H25ClN2O2S2. The molecule has 4 nitrogen and oxygen atoms in total. The van der Waals surface area contributed by atoms with Crippen molar-refractivity contribution in [2.75, 3.05) is 6.54 Å². The van der Waals surface area contributed by atoms with Gasteiger partial charge in [-0.2, -0.15) is 0 Å². The summed E-state index contributed by atoms with van der Waals surface area (Å²) in [6.45, 7) is 5.05. The van der Waals surface area contributed by atoms with Gasteiger partial charge in [-0.1, -0.05) is 41.4 Å². The molecule has 0 saturated heterocycles. The van der Waals surface area contributed by atoms with E-state index < -0.39 is 5.41 Å². The lowest BCUT2D eigenvalue weighted by molar-refractivity contribution is -0.134. The van der Waals surface area contributed by atoms with Gasteiger partial charge in [0, 0.05) is 16.3 Å². The number of amides is 1. The maximum Gasteiger partial charge on any atom is 0.233 e. The van der Waals surface area contributed by atoms with Crippen LogP contribution in [-0.2, 0) is 23.2 Å². The maximum atomic E-state index is 13.7. The number of hydrogen-bond acceptors (Lipinski definition) is 5. The minimum absolute atomic E-state index is 0.168. The van der Waals surface area contributed by atoms with Crippen LogP contribution < -0.4 is 0 Å². The third kappa shape index (κ3) is 4.92. The molecule has 0 radical (unpaired) electrons. The molecule has 0 aliphatic heterocycles. The number of rotatable bonds is 9. The van der Waals surface area contributed by atoms with Crippen LogP contribution in [0.4, 0.5) is 0 Å². The van der Waals surface area contributed by atoms with Crippen LogP contribution in [0.5, 0.6) is 0 Å². The Labute approximate surface area is 195 Å². The minimum Gasteiger partial charge on any atom is -0.335 e. The van der Waals surface area contributed by atoms with Crippen molar-refractivity contribution >= 4 is 46.5 Å². The predicted octanol–water partition coefficient (Wildman–Crippen LogP) is 5.98. The average molecular weight is 473 g/mol. The molecule has 2 heterocycles. The summed E-state index contributed by atoms with van der Waals surface area (Å²) in [6, 6.07) is 12.3. The van der Waals surface area contributed by atoms with Crippen LogP contribution in [0.1, 0.15) is 55.6 Å². The zero-order chi connectivity index (χ0) is 22.0. The standard InChI is InChI=1S/C24H25ClN2O2S2/c1-16-5-7-18(8-6-16)24(11-12-24)23(29)27(13-3-4-19-9-10-21(25)31-19)14-22-26-20(15-28)17(2)30-22/h5-10,15H,3-4,11-14H2,1-2H3. The summed E-state index contributed by atoms with van der Waals surface area (Å²) in [5, 5.41) is 0.812. The van der Waals surface area contributed by atoms with E-state index in [2.05, 4.69) is 36.2 Å². The predicted molar refractivity (Wildman–Crippen MR) is 127 cm³/mol. The Kier molecular flexibility index (Phi) is 6.60. The Bertz CT molecular complexity index is 1080. The fourth-order valence-corrected chi connectivity index (χ4v) is 5.96. The first kappa shape index (κ1) is 22.2. The van der Waals surface area contributed by atoms with Crippen molar-refractivity contribution in [3.05, 3.63) is 72.3 Å². The van der Waals surface area contributed by atoms with Crippen LogP contribution >= 0.6 is 34.3 Å². The van der Waals surface area contributed by atoms with Gasteiger partial charge in [-0.25, -0.2) is 4.98 Å². The van der Waals surface area contributed by atoms with Crippen LogP contribution in [0, 0.1) is 13.8 Å². The molecule has 1 aliphatic rings. The highest BCUT2D eigenvalue weighted by molar-refractivity contribution is 7.16. The molecule has 1 fully saturated rings. The summed E-state index contributed by atoms with van der Waals surface area (Å²) >= 11 is 9.14. The molecule has 1 aromatic carbocycles. The van der Waals surface area contributed by atoms with E-state index in [0.717, 1.165) is 51.8 Å². The fraction of sp³-hybridized carbons (Fsp3) is 0.375. The topological polar surface area (TPSA) is 50.3 Å². The Morgan fingerprint density at radius 3 is 2.48 bits per heavy atom. The smallest absolute Gasteiger partial charge is 0.233 e. The molecule has 0 spiro atoms. The van der Waals surface area contributed by atoms with Crippen LogP contribution in [0.3, 0.4) is 0 Å². The summed E-state index contributed by atoms with van der Waals surface area (Å²) < 4.78 is 0.791. The molecule has 0 N–H and O–H groups in total. The molecule has 1 aliphatic carbocycles. The van der Waals surface area contributed by atoms with Gasteiger partial charge in [0.2, 0.25) is 5.91 Å². The number of nitrogens with zero attached hydrogens (tertiary/aromatic N) is 2. The summed E-state index contributed by atoms with van der Waals surface area (Å²) in [5.74, 6) is 0.168. The lowest BCUT2D eigenvalue weighted by Crippen LogP contribution is -2.39. The molecular weight excluding hydrogens is 448 g/mol. The highest BCUT2D eigenvalue weighted by Gasteiger charge is 2.52. The van der Waals surface area contributed by atoms with Crippen molar-refractivity contribution in [1.29, 1.82) is 0 Å². The van der Waals surface area contributed by atoms with E-state index in [-0.39, 0.29) is 5.91 Å². The number of aldehydes is 1. The highest BCUT2D eigenvalue weighted by atomic mass is 35.5. The zero-order valence-electron chi connectivity index (χ0n) is 17.7. The van der Waals surface area contributed by atoms with Gasteiger partial charge in [-0.3, -0.25) is 9.59 Å². The van der Waals surface area contributed by atoms with Gasteiger partial charge in [0.1, 0.15) is 10.7 Å². The zero-order valence-corrected chi connectivity index (χ0v) is 20.1. The van der Waals surface area contributed by atoms with E-state index in [9.17, 15) is 9.59 Å². The quantitative estimate of drug-likeness (QED) is 0.360. The van der Waals surface area contributed by atoms with Gasteiger partial charge in [-0.05, 0) is 57.2 Å². The molecule has 3 aromatic rings. The third-order valence-corrected chi connectivity index (χ3v) is 8.11. The summed E-state index contributed by atoms with van der Waals surface area (Å²) in [4.78, 5) is 33.5. The highest BCUT2D eigenvalue weighted by Crippen LogP contribution is 2.50. The number of aromatic nitrogens is 1. The van der Waals surface area contributed by atoms with Crippen molar-refractivity contribution in [1.82, 2.24) is 9.88 Å². The second-order valence-electron chi connectivity index (χ2n) is 8.15. The SMILES string of the molecule is Cc1ccc(C2(C(=O)N(CCCc3ccc(Cl)s3)Cc3nc(C=O)c(C)s3)CC2)cc1. The number of carbonyl (C=O) groups is 2. The summed E-state index contributed by atoms with van der Waals surface area (Å²) in [6.07, 6.45) is 4.29. The largest absolute Gasteiger partial charge is 0.335 e. The van der Waals surface area contributed by atoms with Crippen molar-refractivity contribution in [3.63, 3.8) is 0 Å². The Balaban J connectivity index is 1.53. The lowest BCUT2D eigenvalue weighted by Gasteiger charge is -2.27. The molecule has 0 bridgehead atoms. The number of thiazole rings is 1. The maximum absolute atomic E-state index is 13.7. The molecule has 162 valence electrons. The number of aryl methyl sites for hydroxylation is 3. The first-order chi connectivity index (χ1) is 14.9. The second kappa shape index (κ2) is 9.23.